The zero-order valence-electron chi connectivity index (χ0n) is 16.8. The number of hydrogen-bond donors (Lipinski definition) is 0. The molecule has 1 aliphatic heterocycles. The number of aromatic nitrogens is 1. The first-order chi connectivity index (χ1) is 13.7. The highest BCUT2D eigenvalue weighted by atomic mass is 16.5. The number of benzene rings is 2. The molecular formula is C24H31N3O2. The highest BCUT2D eigenvalue weighted by molar-refractivity contribution is 5.95. The Bertz CT molecular complexity index is 965. The molecule has 5 heteroatoms. The fourth-order valence-electron chi connectivity index (χ4n) is 3.92. The lowest BCUT2D eigenvalue weighted by molar-refractivity contribution is 0.271. The molecule has 154 valence electrons. The Balaban J connectivity index is 0.00000240. The van der Waals surface area contributed by atoms with Gasteiger partial charge in [0.25, 0.3) is 0 Å². The Kier molecular flexibility index (Phi) is 6.60. The van der Waals surface area contributed by atoms with Gasteiger partial charge in [-0.05, 0) is 30.1 Å². The van der Waals surface area contributed by atoms with Gasteiger partial charge in [-0.25, -0.2) is 4.98 Å². The number of hydrogen-bond acceptors (Lipinski definition) is 5. The summed E-state index contributed by atoms with van der Waals surface area (Å²) < 4.78 is 11.2. The van der Waals surface area contributed by atoms with Crippen LogP contribution in [0.15, 0.2) is 48.5 Å². The van der Waals surface area contributed by atoms with Gasteiger partial charge in [0.05, 0.1) is 19.9 Å². The first kappa shape index (κ1) is 20.9. The molecular weight excluding hydrogens is 362 g/mol. The quantitative estimate of drug-likeness (QED) is 0.628. The van der Waals surface area contributed by atoms with Crippen molar-refractivity contribution in [1.82, 2.24) is 9.88 Å². The van der Waals surface area contributed by atoms with Crippen molar-refractivity contribution in [3.8, 4) is 22.8 Å². The molecule has 0 radical (unpaired) electrons. The maximum Gasteiger partial charge on any atom is 0.170 e. The third kappa shape index (κ3) is 4.01. The second-order valence-electron chi connectivity index (χ2n) is 7.01. The summed E-state index contributed by atoms with van der Waals surface area (Å²) in [6, 6.07) is 16.5. The normalized spacial score (nSPS) is 14.5. The lowest BCUT2D eigenvalue weighted by atomic mass is 10.0. The third-order valence-corrected chi connectivity index (χ3v) is 5.52. The largest absolute Gasteiger partial charge is 0.493 e. The van der Waals surface area contributed by atoms with Gasteiger partial charge in [0.1, 0.15) is 5.82 Å². The lowest BCUT2D eigenvalue weighted by Crippen LogP contribution is -2.46. The molecule has 1 saturated heterocycles. The first-order valence-electron chi connectivity index (χ1n) is 9.83. The molecule has 3 aromatic rings. The number of rotatable bonds is 5. The Morgan fingerprint density at radius 1 is 0.931 bits per heavy atom. The molecule has 0 amide bonds. The van der Waals surface area contributed by atoms with E-state index in [-0.39, 0.29) is 7.43 Å². The van der Waals surface area contributed by atoms with Crippen molar-refractivity contribution < 1.29 is 9.47 Å². The molecule has 29 heavy (non-hydrogen) atoms. The zero-order valence-corrected chi connectivity index (χ0v) is 16.8. The number of likely N-dealkylation sites (N-methyl/N-ethyl adjacent to an activating group) is 1. The Morgan fingerprint density at radius 2 is 1.69 bits per heavy atom. The average Bonchev–Trinajstić information content (AvgIpc) is 2.77. The molecule has 1 aromatic heterocycles. The molecule has 0 aliphatic carbocycles. The van der Waals surface area contributed by atoms with Crippen LogP contribution in [0.2, 0.25) is 0 Å². The summed E-state index contributed by atoms with van der Waals surface area (Å²) in [7, 11) is 3.33. The van der Waals surface area contributed by atoms with E-state index in [0.29, 0.717) is 5.75 Å². The van der Waals surface area contributed by atoms with E-state index in [0.717, 1.165) is 55.5 Å². The van der Waals surface area contributed by atoms with Crippen molar-refractivity contribution in [2.45, 2.75) is 14.4 Å². The summed E-state index contributed by atoms with van der Waals surface area (Å²) in [6.45, 7) is 7.44. The molecule has 0 saturated carbocycles. The van der Waals surface area contributed by atoms with Crippen LogP contribution in [-0.2, 0) is 0 Å². The summed E-state index contributed by atoms with van der Waals surface area (Å²) in [5, 5.41) is 2.38. The summed E-state index contributed by atoms with van der Waals surface area (Å²) in [5.74, 6) is 2.48. The molecule has 1 aliphatic rings. The van der Waals surface area contributed by atoms with Gasteiger partial charge in [0.2, 0.25) is 0 Å². The van der Waals surface area contributed by atoms with Crippen LogP contribution in [0.3, 0.4) is 0 Å². The maximum absolute atomic E-state index is 5.66. The van der Waals surface area contributed by atoms with Crippen LogP contribution in [0.1, 0.15) is 14.4 Å². The van der Waals surface area contributed by atoms with Crippen molar-refractivity contribution in [1.29, 1.82) is 0 Å². The zero-order chi connectivity index (χ0) is 19.5. The average molecular weight is 394 g/mol. The summed E-state index contributed by atoms with van der Waals surface area (Å²) in [5.41, 5.74) is 1.85. The van der Waals surface area contributed by atoms with Gasteiger partial charge in [-0.3, -0.25) is 0 Å². The fraction of sp³-hybridized carbons (Fsp3) is 0.375. The van der Waals surface area contributed by atoms with E-state index in [1.165, 1.54) is 10.8 Å². The van der Waals surface area contributed by atoms with Gasteiger partial charge in [-0.2, -0.15) is 0 Å². The molecule has 2 heterocycles. The van der Waals surface area contributed by atoms with Gasteiger partial charge in [0.15, 0.2) is 11.5 Å². The highest BCUT2D eigenvalue weighted by Gasteiger charge is 2.21. The second-order valence-corrected chi connectivity index (χ2v) is 7.01. The minimum atomic E-state index is 0. The molecule has 0 atom stereocenters. The molecule has 4 rings (SSSR count). The Labute approximate surface area is 173 Å². The van der Waals surface area contributed by atoms with Gasteiger partial charge in [-0.15, -0.1) is 0 Å². The molecule has 0 bridgehead atoms. The van der Waals surface area contributed by atoms with E-state index < -0.39 is 0 Å². The SMILES string of the molecule is C.CCN1CCN(c2nc(-c3cccc(OC)c3OC)cc3ccccc23)CC1. The number of fused-ring (bicyclic) bond motifs is 1. The maximum atomic E-state index is 5.66. The van der Waals surface area contributed by atoms with Crippen molar-refractivity contribution >= 4 is 16.6 Å². The van der Waals surface area contributed by atoms with Crippen LogP contribution in [0.4, 0.5) is 5.82 Å². The predicted octanol–water partition coefficient (Wildman–Crippen LogP) is 4.70. The van der Waals surface area contributed by atoms with E-state index in [1.807, 2.05) is 18.2 Å². The topological polar surface area (TPSA) is 37.8 Å². The number of ether oxygens (including phenoxy) is 2. The van der Waals surface area contributed by atoms with Crippen molar-refractivity contribution in [2.75, 3.05) is 51.8 Å². The number of anilines is 1. The fourth-order valence-corrected chi connectivity index (χ4v) is 3.92. The predicted molar refractivity (Wildman–Crippen MR) is 121 cm³/mol. The van der Waals surface area contributed by atoms with Gasteiger partial charge in [0, 0.05) is 37.1 Å². The summed E-state index contributed by atoms with van der Waals surface area (Å²) in [6.07, 6.45) is 0. The van der Waals surface area contributed by atoms with Gasteiger partial charge in [-0.1, -0.05) is 44.7 Å². The van der Waals surface area contributed by atoms with Crippen LogP contribution < -0.4 is 14.4 Å². The molecule has 1 fully saturated rings. The van der Waals surface area contributed by atoms with E-state index in [4.69, 9.17) is 14.5 Å². The van der Waals surface area contributed by atoms with Crippen LogP contribution in [-0.4, -0.2) is 56.8 Å². The first-order valence-corrected chi connectivity index (χ1v) is 9.83. The minimum absolute atomic E-state index is 0. The molecule has 5 nitrogen and oxygen atoms in total. The van der Waals surface area contributed by atoms with Gasteiger partial charge < -0.3 is 19.3 Å². The monoisotopic (exact) mass is 393 g/mol. The van der Waals surface area contributed by atoms with E-state index >= 15 is 0 Å². The third-order valence-electron chi connectivity index (χ3n) is 5.52. The van der Waals surface area contributed by atoms with Crippen LogP contribution >= 0.6 is 0 Å². The number of methoxy groups -OCH3 is 2. The minimum Gasteiger partial charge on any atom is -0.493 e. The number of para-hydroxylation sites is 1. The Hall–Kier alpha value is -2.79. The summed E-state index contributed by atoms with van der Waals surface area (Å²) in [4.78, 5) is 9.99. The number of nitrogens with zero attached hydrogens (tertiary/aromatic N) is 3. The van der Waals surface area contributed by atoms with Crippen molar-refractivity contribution in [2.24, 2.45) is 0 Å². The van der Waals surface area contributed by atoms with E-state index in [1.54, 1.807) is 14.2 Å². The molecule has 2 aromatic carbocycles. The second kappa shape index (κ2) is 9.14. The van der Waals surface area contributed by atoms with Gasteiger partial charge >= 0.3 is 0 Å². The summed E-state index contributed by atoms with van der Waals surface area (Å²) >= 11 is 0. The highest BCUT2D eigenvalue weighted by Crippen LogP contribution is 2.39. The Morgan fingerprint density at radius 3 is 2.38 bits per heavy atom. The molecule has 0 unspecified atom stereocenters. The van der Waals surface area contributed by atoms with Crippen LogP contribution in [0.25, 0.3) is 22.0 Å². The number of pyridine rings is 1. The van der Waals surface area contributed by atoms with Crippen molar-refractivity contribution in [3.05, 3.63) is 48.5 Å². The van der Waals surface area contributed by atoms with Crippen molar-refractivity contribution in [3.63, 3.8) is 0 Å². The van der Waals surface area contributed by atoms with Crippen LogP contribution in [0.5, 0.6) is 11.5 Å². The van der Waals surface area contributed by atoms with Crippen LogP contribution in [0, 0.1) is 0 Å². The standard InChI is InChI=1S/C23H27N3O2.CH4/c1-4-25-12-14-26(15-13-25)23-18-9-6-5-8-17(18)16-20(24-23)19-10-7-11-21(27-2)22(19)28-3;/h5-11,16H,4,12-15H2,1-3H3;1H4. The van der Waals surface area contributed by atoms with E-state index in [9.17, 15) is 0 Å². The molecule has 0 spiro atoms. The smallest absolute Gasteiger partial charge is 0.170 e. The lowest BCUT2D eigenvalue weighted by Gasteiger charge is -2.35. The molecule has 0 N–H and O–H groups in total. The van der Waals surface area contributed by atoms with E-state index in [2.05, 4.69) is 47.1 Å². The number of piperazine rings is 1.